The lowest BCUT2D eigenvalue weighted by Crippen LogP contribution is -2.37. The van der Waals surface area contributed by atoms with Crippen molar-refractivity contribution in [2.75, 3.05) is 19.6 Å². The monoisotopic (exact) mass is 434 g/mol. The summed E-state index contributed by atoms with van der Waals surface area (Å²) in [4.78, 5) is 14.4. The number of nitrogens with zero attached hydrogens (tertiary/aromatic N) is 4. The molecule has 0 bridgehead atoms. The summed E-state index contributed by atoms with van der Waals surface area (Å²) < 4.78 is 42.8. The van der Waals surface area contributed by atoms with Gasteiger partial charge >= 0.3 is 0 Å². The Hall–Kier alpha value is -2.26. The first-order chi connectivity index (χ1) is 14.4. The van der Waals surface area contributed by atoms with Crippen LogP contribution in [0.3, 0.4) is 0 Å². The van der Waals surface area contributed by atoms with E-state index in [-0.39, 0.29) is 17.3 Å². The van der Waals surface area contributed by atoms with Crippen LogP contribution in [-0.4, -0.2) is 52.9 Å². The largest absolute Gasteiger partial charge is 0.343 e. The van der Waals surface area contributed by atoms with Gasteiger partial charge in [0.25, 0.3) is 0 Å². The summed E-state index contributed by atoms with van der Waals surface area (Å²) in [5.74, 6) is -0.443. The molecule has 1 aromatic heterocycles. The molecule has 1 fully saturated rings. The molecule has 0 spiro atoms. The molecule has 7 nitrogen and oxygen atoms in total. The first-order valence-electron chi connectivity index (χ1n) is 10.4. The Balaban J connectivity index is 1.51. The van der Waals surface area contributed by atoms with Crippen molar-refractivity contribution < 1.29 is 17.6 Å². The maximum absolute atomic E-state index is 13.6. The summed E-state index contributed by atoms with van der Waals surface area (Å²) in [6.45, 7) is 2.14. The minimum absolute atomic E-state index is 0.0448. The minimum Gasteiger partial charge on any atom is -0.343 e. The maximum atomic E-state index is 13.6. The molecule has 0 N–H and O–H groups in total. The van der Waals surface area contributed by atoms with E-state index in [9.17, 15) is 17.6 Å². The Bertz CT molecular complexity index is 1040. The van der Waals surface area contributed by atoms with Gasteiger partial charge < -0.3 is 4.90 Å². The predicted molar refractivity (Wildman–Crippen MR) is 110 cm³/mol. The maximum Gasteiger partial charge on any atom is 0.243 e. The molecule has 3 heterocycles. The minimum atomic E-state index is -3.80. The van der Waals surface area contributed by atoms with E-state index in [0.29, 0.717) is 25.8 Å². The first kappa shape index (κ1) is 21.0. The summed E-state index contributed by atoms with van der Waals surface area (Å²) in [7, 11) is -1.95. The Morgan fingerprint density at radius 3 is 2.67 bits per heavy atom. The van der Waals surface area contributed by atoms with E-state index in [2.05, 4.69) is 5.10 Å². The van der Waals surface area contributed by atoms with Crippen LogP contribution in [0.1, 0.15) is 42.6 Å². The van der Waals surface area contributed by atoms with Gasteiger partial charge in [-0.25, -0.2) is 12.8 Å². The third-order valence-corrected chi connectivity index (χ3v) is 7.85. The lowest BCUT2D eigenvalue weighted by atomic mass is 10.0. The highest BCUT2D eigenvalue weighted by atomic mass is 32.2. The van der Waals surface area contributed by atoms with E-state index in [0.717, 1.165) is 48.9 Å². The molecule has 2 aromatic rings. The molecular weight excluding hydrogens is 407 g/mol. The second-order valence-electron chi connectivity index (χ2n) is 7.98. The van der Waals surface area contributed by atoms with Gasteiger partial charge in [-0.2, -0.15) is 9.40 Å². The second-order valence-corrected chi connectivity index (χ2v) is 9.92. The van der Waals surface area contributed by atoms with Crippen LogP contribution in [0.2, 0.25) is 0 Å². The van der Waals surface area contributed by atoms with Gasteiger partial charge in [-0.05, 0) is 37.5 Å². The number of hydrogen-bond acceptors (Lipinski definition) is 4. The second kappa shape index (κ2) is 8.47. The Morgan fingerprint density at radius 2 is 1.93 bits per heavy atom. The highest BCUT2D eigenvalue weighted by Gasteiger charge is 2.32. The standard InChI is InChI=1S/C21H27FN4O3S/c1-24-20-10-13-26(30(28,29)17-7-5-6-16(22)14-17)15-18(20)19(23-24)8-9-21(27)25-11-3-2-4-12-25/h5-7,14H,2-4,8-13,15H2,1H3. The van der Waals surface area contributed by atoms with E-state index in [1.165, 1.54) is 28.9 Å². The van der Waals surface area contributed by atoms with Gasteiger partial charge in [-0.3, -0.25) is 9.48 Å². The Morgan fingerprint density at radius 1 is 1.17 bits per heavy atom. The molecule has 4 rings (SSSR count). The summed E-state index contributed by atoms with van der Waals surface area (Å²) in [5.41, 5.74) is 2.65. The van der Waals surface area contributed by atoms with E-state index in [1.54, 1.807) is 4.68 Å². The van der Waals surface area contributed by atoms with Crippen LogP contribution in [-0.2, 0) is 41.3 Å². The van der Waals surface area contributed by atoms with Crippen molar-refractivity contribution in [2.45, 2.75) is 50.0 Å². The molecule has 2 aliphatic rings. The van der Waals surface area contributed by atoms with Crippen LogP contribution in [0.15, 0.2) is 29.2 Å². The highest BCUT2D eigenvalue weighted by Crippen LogP contribution is 2.28. The predicted octanol–water partition coefficient (Wildman–Crippen LogP) is 2.25. The molecule has 0 atom stereocenters. The fourth-order valence-electron chi connectivity index (χ4n) is 4.35. The zero-order chi connectivity index (χ0) is 21.3. The van der Waals surface area contributed by atoms with Gasteiger partial charge in [-0.1, -0.05) is 6.07 Å². The number of amides is 1. The van der Waals surface area contributed by atoms with Gasteiger partial charge in [0.2, 0.25) is 15.9 Å². The number of carbonyl (C=O) groups excluding carboxylic acids is 1. The average molecular weight is 435 g/mol. The zero-order valence-corrected chi connectivity index (χ0v) is 18.0. The smallest absolute Gasteiger partial charge is 0.243 e. The quantitative estimate of drug-likeness (QED) is 0.723. The van der Waals surface area contributed by atoms with E-state index in [1.807, 2.05) is 11.9 Å². The number of likely N-dealkylation sites (tertiary alicyclic amines) is 1. The average Bonchev–Trinajstić information content (AvgIpc) is 3.07. The molecule has 1 amide bonds. The number of hydrogen-bond donors (Lipinski definition) is 0. The van der Waals surface area contributed by atoms with Gasteiger partial charge in [0, 0.05) is 63.7 Å². The third kappa shape index (κ3) is 4.13. The molecule has 0 saturated carbocycles. The molecule has 30 heavy (non-hydrogen) atoms. The lowest BCUT2D eigenvalue weighted by molar-refractivity contribution is -0.132. The molecule has 2 aliphatic heterocycles. The Labute approximate surface area is 176 Å². The Kier molecular flexibility index (Phi) is 5.92. The lowest BCUT2D eigenvalue weighted by Gasteiger charge is -2.27. The van der Waals surface area contributed by atoms with Gasteiger partial charge in [0.05, 0.1) is 10.6 Å². The molecule has 0 aliphatic carbocycles. The van der Waals surface area contributed by atoms with Crippen LogP contribution in [0.25, 0.3) is 0 Å². The number of benzene rings is 1. The summed E-state index contributed by atoms with van der Waals surface area (Å²) in [6.07, 6.45) is 4.68. The summed E-state index contributed by atoms with van der Waals surface area (Å²) >= 11 is 0. The van der Waals surface area contributed by atoms with Crippen molar-refractivity contribution in [2.24, 2.45) is 7.05 Å². The van der Waals surface area contributed by atoms with Crippen LogP contribution in [0.5, 0.6) is 0 Å². The fourth-order valence-corrected chi connectivity index (χ4v) is 5.80. The van der Waals surface area contributed by atoms with E-state index < -0.39 is 15.8 Å². The number of aromatic nitrogens is 2. The number of piperidine rings is 1. The molecule has 1 saturated heterocycles. The van der Waals surface area contributed by atoms with Crippen molar-refractivity contribution in [1.29, 1.82) is 0 Å². The SMILES string of the molecule is Cn1nc(CCC(=O)N2CCCCC2)c2c1CCN(S(=O)(=O)c1cccc(F)c1)C2. The first-order valence-corrected chi connectivity index (χ1v) is 11.9. The van der Waals surface area contributed by atoms with Crippen molar-refractivity contribution >= 4 is 15.9 Å². The number of sulfonamides is 1. The molecule has 162 valence electrons. The van der Waals surface area contributed by atoms with Gasteiger partial charge in [0.15, 0.2) is 0 Å². The number of aryl methyl sites for hydroxylation is 2. The van der Waals surface area contributed by atoms with Crippen molar-refractivity contribution in [1.82, 2.24) is 19.0 Å². The zero-order valence-electron chi connectivity index (χ0n) is 17.2. The topological polar surface area (TPSA) is 75.5 Å². The molecule has 0 unspecified atom stereocenters. The van der Waals surface area contributed by atoms with Gasteiger partial charge in [0.1, 0.15) is 5.82 Å². The van der Waals surface area contributed by atoms with Crippen molar-refractivity contribution in [3.63, 3.8) is 0 Å². The van der Waals surface area contributed by atoms with E-state index in [4.69, 9.17) is 0 Å². The molecular formula is C21H27FN4O3S. The normalized spacial score (nSPS) is 17.7. The molecule has 1 aromatic carbocycles. The van der Waals surface area contributed by atoms with Gasteiger partial charge in [-0.15, -0.1) is 0 Å². The van der Waals surface area contributed by atoms with Crippen LogP contribution in [0, 0.1) is 5.82 Å². The number of fused-ring (bicyclic) bond motifs is 1. The van der Waals surface area contributed by atoms with Crippen molar-refractivity contribution in [3.8, 4) is 0 Å². The highest BCUT2D eigenvalue weighted by molar-refractivity contribution is 7.89. The van der Waals surface area contributed by atoms with Crippen molar-refractivity contribution in [3.05, 3.63) is 47.0 Å². The number of rotatable bonds is 5. The van der Waals surface area contributed by atoms with Crippen LogP contribution in [0.4, 0.5) is 4.39 Å². The molecule has 0 radical (unpaired) electrons. The number of carbonyl (C=O) groups is 1. The molecule has 9 heteroatoms. The summed E-state index contributed by atoms with van der Waals surface area (Å²) in [5, 5.41) is 4.58. The number of halogens is 1. The van der Waals surface area contributed by atoms with E-state index >= 15 is 0 Å². The fraction of sp³-hybridized carbons (Fsp3) is 0.524. The van der Waals surface area contributed by atoms with Crippen LogP contribution < -0.4 is 0 Å². The third-order valence-electron chi connectivity index (χ3n) is 6.01. The summed E-state index contributed by atoms with van der Waals surface area (Å²) in [6, 6.07) is 5.09. The van der Waals surface area contributed by atoms with Crippen LogP contribution >= 0.6 is 0 Å².